The summed E-state index contributed by atoms with van der Waals surface area (Å²) in [5.74, 6) is 0.735. The molecule has 0 aliphatic rings. The molecule has 3 rings (SSSR count). The highest BCUT2D eigenvalue weighted by Crippen LogP contribution is 2.22. The molecule has 1 atom stereocenters. The first-order valence-electron chi connectivity index (χ1n) is 7.91. The van der Waals surface area contributed by atoms with E-state index in [2.05, 4.69) is 15.8 Å². The third-order valence-electron chi connectivity index (χ3n) is 3.69. The van der Waals surface area contributed by atoms with Crippen LogP contribution in [0.3, 0.4) is 0 Å². The van der Waals surface area contributed by atoms with E-state index in [1.807, 2.05) is 54.6 Å². The van der Waals surface area contributed by atoms with Gasteiger partial charge in [0.05, 0.1) is 6.61 Å². The molecular formula is C19H19N3O3. The molecule has 0 fully saturated rings. The van der Waals surface area contributed by atoms with E-state index in [9.17, 15) is 9.90 Å². The van der Waals surface area contributed by atoms with Crippen LogP contribution in [0, 0.1) is 6.92 Å². The maximum absolute atomic E-state index is 12.8. The number of nitrogens with zero attached hydrogens (tertiary/aromatic N) is 1. The van der Waals surface area contributed by atoms with Crippen LogP contribution in [-0.2, 0) is 11.4 Å². The fourth-order valence-electron chi connectivity index (χ4n) is 2.50. The lowest BCUT2D eigenvalue weighted by Gasteiger charge is -2.19. The highest BCUT2D eigenvalue weighted by atomic mass is 16.5. The largest absolute Gasteiger partial charge is 0.392 e. The van der Waals surface area contributed by atoms with Crippen molar-refractivity contribution in [1.29, 1.82) is 0 Å². The molecular weight excluding hydrogens is 318 g/mol. The minimum absolute atomic E-state index is 0.0596. The zero-order valence-electron chi connectivity index (χ0n) is 13.8. The van der Waals surface area contributed by atoms with Crippen LogP contribution in [0.25, 0.3) is 0 Å². The van der Waals surface area contributed by atoms with Gasteiger partial charge in [0.2, 0.25) is 0 Å². The molecule has 3 N–H and O–H groups in total. The number of aryl methyl sites for hydroxylation is 1. The van der Waals surface area contributed by atoms with Gasteiger partial charge in [-0.3, -0.25) is 4.79 Å². The Morgan fingerprint density at radius 3 is 2.64 bits per heavy atom. The maximum Gasteiger partial charge on any atom is 0.252 e. The first-order valence-corrected chi connectivity index (χ1v) is 7.91. The van der Waals surface area contributed by atoms with Crippen LogP contribution in [0.15, 0.2) is 65.2 Å². The van der Waals surface area contributed by atoms with E-state index >= 15 is 0 Å². The Morgan fingerprint density at radius 2 is 1.96 bits per heavy atom. The second-order valence-electron chi connectivity index (χ2n) is 5.66. The number of carbonyl (C=O) groups is 1. The number of hydrogen-bond donors (Lipinski definition) is 3. The number of nitrogens with one attached hydrogen (secondary N) is 2. The van der Waals surface area contributed by atoms with Gasteiger partial charge >= 0.3 is 0 Å². The fraction of sp³-hybridized carbons (Fsp3) is 0.158. The molecule has 6 nitrogen and oxygen atoms in total. The molecule has 0 aliphatic heterocycles. The van der Waals surface area contributed by atoms with E-state index in [1.54, 1.807) is 13.0 Å². The summed E-state index contributed by atoms with van der Waals surface area (Å²) in [4.78, 5) is 12.8. The molecule has 0 spiro atoms. The molecule has 25 heavy (non-hydrogen) atoms. The lowest BCUT2D eigenvalue weighted by Crippen LogP contribution is -2.27. The minimum atomic E-state index is -0.618. The first-order chi connectivity index (χ1) is 12.2. The summed E-state index contributed by atoms with van der Waals surface area (Å²) in [7, 11) is 0. The number of aliphatic hydroxyl groups is 1. The van der Waals surface area contributed by atoms with Crippen molar-refractivity contribution in [3.8, 4) is 0 Å². The molecule has 2 aromatic carbocycles. The fourth-order valence-corrected chi connectivity index (χ4v) is 2.50. The lowest BCUT2D eigenvalue weighted by molar-refractivity contribution is -0.117. The number of hydrogen-bond acceptors (Lipinski definition) is 5. The van der Waals surface area contributed by atoms with Gasteiger partial charge in [0, 0.05) is 11.8 Å². The summed E-state index contributed by atoms with van der Waals surface area (Å²) in [5.41, 5.74) is 2.32. The molecule has 1 aromatic heterocycles. The van der Waals surface area contributed by atoms with E-state index < -0.39 is 6.04 Å². The van der Waals surface area contributed by atoms with Gasteiger partial charge in [-0.25, -0.2) is 0 Å². The van der Waals surface area contributed by atoms with Gasteiger partial charge in [-0.1, -0.05) is 47.6 Å². The van der Waals surface area contributed by atoms with E-state index in [0.717, 1.165) is 16.8 Å². The third kappa shape index (κ3) is 4.24. The Bertz CT molecular complexity index is 846. The van der Waals surface area contributed by atoms with Crippen LogP contribution < -0.4 is 10.6 Å². The SMILES string of the molecule is Cc1cc(NC(=O)C(Nc2cccc(CO)c2)c2ccccc2)no1. The predicted molar refractivity (Wildman–Crippen MR) is 95.0 cm³/mol. The minimum Gasteiger partial charge on any atom is -0.392 e. The van der Waals surface area contributed by atoms with Crippen LogP contribution in [0.4, 0.5) is 11.5 Å². The number of aliphatic hydroxyl groups excluding tert-OH is 1. The summed E-state index contributed by atoms with van der Waals surface area (Å²) < 4.78 is 4.99. The topological polar surface area (TPSA) is 87.4 Å². The average Bonchev–Trinajstić information content (AvgIpc) is 3.05. The zero-order valence-corrected chi connectivity index (χ0v) is 13.8. The van der Waals surface area contributed by atoms with Gasteiger partial charge in [0.25, 0.3) is 5.91 Å². The molecule has 3 aromatic rings. The van der Waals surface area contributed by atoms with Crippen molar-refractivity contribution in [2.75, 3.05) is 10.6 Å². The van der Waals surface area contributed by atoms with Gasteiger partial charge < -0.3 is 20.3 Å². The van der Waals surface area contributed by atoms with E-state index in [-0.39, 0.29) is 12.5 Å². The van der Waals surface area contributed by atoms with Gasteiger partial charge in [-0.05, 0) is 30.2 Å². The van der Waals surface area contributed by atoms with Crippen LogP contribution in [0.2, 0.25) is 0 Å². The monoisotopic (exact) mass is 337 g/mol. The summed E-state index contributed by atoms with van der Waals surface area (Å²) in [6.07, 6.45) is 0. The maximum atomic E-state index is 12.8. The van der Waals surface area contributed by atoms with Gasteiger partial charge in [-0.2, -0.15) is 0 Å². The summed E-state index contributed by atoms with van der Waals surface area (Å²) in [6.45, 7) is 1.70. The molecule has 0 saturated carbocycles. The quantitative estimate of drug-likeness (QED) is 0.642. The van der Waals surface area contributed by atoms with Crippen molar-refractivity contribution >= 4 is 17.4 Å². The van der Waals surface area contributed by atoms with Crippen molar-refractivity contribution in [1.82, 2.24) is 5.16 Å². The second-order valence-corrected chi connectivity index (χ2v) is 5.66. The number of anilines is 2. The third-order valence-corrected chi connectivity index (χ3v) is 3.69. The number of rotatable bonds is 6. The molecule has 1 amide bonds. The average molecular weight is 337 g/mol. The zero-order chi connectivity index (χ0) is 17.6. The van der Waals surface area contributed by atoms with Crippen molar-refractivity contribution < 1.29 is 14.4 Å². The van der Waals surface area contributed by atoms with Crippen LogP contribution in [0.1, 0.15) is 22.9 Å². The molecule has 0 radical (unpaired) electrons. The molecule has 1 heterocycles. The molecule has 0 aliphatic carbocycles. The van der Waals surface area contributed by atoms with E-state index in [4.69, 9.17) is 4.52 Å². The van der Waals surface area contributed by atoms with Crippen molar-refractivity contribution in [2.45, 2.75) is 19.6 Å². The first kappa shape index (κ1) is 16.7. The molecule has 128 valence electrons. The highest BCUT2D eigenvalue weighted by molar-refractivity contribution is 5.96. The molecule has 6 heteroatoms. The summed E-state index contributed by atoms with van der Waals surface area (Å²) >= 11 is 0. The number of amides is 1. The van der Waals surface area contributed by atoms with Gasteiger partial charge in [-0.15, -0.1) is 0 Å². The Morgan fingerprint density at radius 1 is 1.16 bits per heavy atom. The Kier molecular flexibility index (Phi) is 5.11. The van der Waals surface area contributed by atoms with Gasteiger partial charge in [0.15, 0.2) is 5.82 Å². The van der Waals surface area contributed by atoms with Crippen molar-refractivity contribution in [3.63, 3.8) is 0 Å². The van der Waals surface area contributed by atoms with Gasteiger partial charge in [0.1, 0.15) is 11.8 Å². The predicted octanol–water partition coefficient (Wildman–Crippen LogP) is 3.27. The molecule has 0 bridgehead atoms. The smallest absolute Gasteiger partial charge is 0.252 e. The van der Waals surface area contributed by atoms with Crippen molar-refractivity contribution in [3.05, 3.63) is 77.6 Å². The molecule has 0 saturated heterocycles. The van der Waals surface area contributed by atoms with Crippen LogP contribution in [-0.4, -0.2) is 16.2 Å². The lowest BCUT2D eigenvalue weighted by atomic mass is 10.1. The Hall–Kier alpha value is -3.12. The Labute approximate surface area is 145 Å². The second kappa shape index (κ2) is 7.63. The standard InChI is InChI=1S/C19H19N3O3/c1-13-10-17(22-25-13)21-19(24)18(15-7-3-2-4-8-15)20-16-9-5-6-14(11-16)12-23/h2-11,18,20,23H,12H2,1H3,(H,21,22,24). The summed E-state index contributed by atoms with van der Waals surface area (Å²) in [6, 6.07) is 17.7. The Balaban J connectivity index is 1.85. The molecule has 1 unspecified atom stereocenters. The van der Waals surface area contributed by atoms with Crippen LogP contribution >= 0.6 is 0 Å². The van der Waals surface area contributed by atoms with E-state index in [1.165, 1.54) is 0 Å². The highest BCUT2D eigenvalue weighted by Gasteiger charge is 2.21. The van der Waals surface area contributed by atoms with Crippen LogP contribution in [0.5, 0.6) is 0 Å². The number of aromatic nitrogens is 1. The van der Waals surface area contributed by atoms with Crippen molar-refractivity contribution in [2.24, 2.45) is 0 Å². The normalized spacial score (nSPS) is 11.8. The number of benzene rings is 2. The number of carbonyl (C=O) groups excluding carboxylic acids is 1. The summed E-state index contributed by atoms with van der Waals surface area (Å²) in [5, 5.41) is 19.1. The van der Waals surface area contributed by atoms with E-state index in [0.29, 0.717) is 11.6 Å².